The number of nitrogens with one attached hydrogen (secondary N) is 1. The Kier molecular flexibility index (Phi) is 9.61. The van der Waals surface area contributed by atoms with Gasteiger partial charge in [-0.2, -0.15) is 0 Å². The first-order chi connectivity index (χ1) is 16.4. The number of rotatable bonds is 8. The molecular weight excluding hydrogens is 655 g/mol. The number of allylic oxidation sites excluding steroid dienone is 1. The normalized spacial score (nSPS) is 16.7. The Labute approximate surface area is 237 Å². The second kappa shape index (κ2) is 11.7. The van der Waals surface area contributed by atoms with Crippen LogP contribution in [0.2, 0.25) is 4.89 Å². The SMILES string of the molecule is C=C[CH2]/[Pd]=[C]1\NC=C[N+]1(c1c(C(C)C)cc(Br)cc1C(C)C)c1c(C(C)C)cc(Br)cc1C(C)C. The van der Waals surface area contributed by atoms with Gasteiger partial charge < -0.3 is 0 Å². The van der Waals surface area contributed by atoms with Crippen molar-refractivity contribution in [2.45, 2.75) is 84.0 Å². The maximum absolute atomic E-state index is 4.05. The molecule has 3 rings (SSSR count). The molecular formula is C30H40Br2N2Pd+. The van der Waals surface area contributed by atoms with Crippen molar-refractivity contribution < 1.29 is 17.5 Å². The topological polar surface area (TPSA) is 12.0 Å². The third-order valence-electron chi connectivity index (χ3n) is 6.50. The van der Waals surface area contributed by atoms with Gasteiger partial charge in [-0.05, 0) is 0 Å². The molecule has 5 heteroatoms. The first kappa shape index (κ1) is 28.7. The Morgan fingerprint density at radius 2 is 1.14 bits per heavy atom. The zero-order chi connectivity index (χ0) is 26.1. The fourth-order valence-electron chi connectivity index (χ4n) is 4.90. The van der Waals surface area contributed by atoms with Crippen LogP contribution in [0.3, 0.4) is 0 Å². The van der Waals surface area contributed by atoms with Crippen molar-refractivity contribution in [3.05, 3.63) is 80.5 Å². The molecule has 0 aliphatic carbocycles. The fraction of sp³-hybridized carbons (Fsp3) is 0.433. The Morgan fingerprint density at radius 1 is 0.771 bits per heavy atom. The molecule has 1 heterocycles. The number of benzene rings is 2. The summed E-state index contributed by atoms with van der Waals surface area (Å²) in [6.07, 6.45) is 6.63. The third-order valence-corrected chi connectivity index (χ3v) is 9.48. The van der Waals surface area contributed by atoms with E-state index in [1.165, 1.54) is 37.9 Å². The molecule has 0 spiro atoms. The average Bonchev–Trinajstić information content (AvgIpc) is 3.19. The van der Waals surface area contributed by atoms with Gasteiger partial charge >= 0.3 is 239 Å². The molecule has 0 aromatic heterocycles. The van der Waals surface area contributed by atoms with Crippen LogP contribution in [0.5, 0.6) is 0 Å². The molecule has 1 aliphatic heterocycles. The molecule has 35 heavy (non-hydrogen) atoms. The zero-order valence-corrected chi connectivity index (χ0v) is 27.0. The molecule has 0 unspecified atom stereocenters. The van der Waals surface area contributed by atoms with E-state index in [0.29, 0.717) is 45.7 Å². The van der Waals surface area contributed by atoms with Gasteiger partial charge in [0.05, 0.1) is 0 Å². The Balaban J connectivity index is 2.66. The molecule has 2 aromatic rings. The van der Waals surface area contributed by atoms with Crippen LogP contribution in [0.25, 0.3) is 0 Å². The van der Waals surface area contributed by atoms with E-state index in [1.54, 1.807) is 0 Å². The van der Waals surface area contributed by atoms with Gasteiger partial charge in [-0.25, -0.2) is 0 Å². The first-order valence-corrected chi connectivity index (χ1v) is 15.9. The maximum atomic E-state index is 4.05. The van der Waals surface area contributed by atoms with E-state index < -0.39 is 0 Å². The molecule has 1 aliphatic rings. The molecule has 0 saturated carbocycles. The van der Waals surface area contributed by atoms with Gasteiger partial charge in [0.1, 0.15) is 0 Å². The summed E-state index contributed by atoms with van der Waals surface area (Å²) in [5, 5.41) is 3.73. The summed E-state index contributed by atoms with van der Waals surface area (Å²) in [7, 11) is 0. The van der Waals surface area contributed by atoms with E-state index in [1.807, 2.05) is 0 Å². The summed E-state index contributed by atoms with van der Waals surface area (Å²) in [6.45, 7) is 22.6. The van der Waals surface area contributed by atoms with Gasteiger partial charge in [0.2, 0.25) is 0 Å². The average molecular weight is 695 g/mol. The van der Waals surface area contributed by atoms with Crippen LogP contribution in [-0.4, -0.2) is 4.23 Å². The van der Waals surface area contributed by atoms with Gasteiger partial charge in [-0.1, -0.05) is 0 Å². The van der Waals surface area contributed by atoms with Crippen LogP contribution in [0, 0.1) is 0 Å². The van der Waals surface area contributed by atoms with Crippen molar-refractivity contribution in [1.29, 1.82) is 0 Å². The summed E-state index contributed by atoms with van der Waals surface area (Å²) >= 11 is 8.06. The van der Waals surface area contributed by atoms with E-state index in [2.05, 4.69) is 142 Å². The van der Waals surface area contributed by atoms with Gasteiger partial charge in [-0.3, -0.25) is 0 Å². The van der Waals surface area contributed by atoms with E-state index in [-0.39, 0.29) is 0 Å². The van der Waals surface area contributed by atoms with Crippen LogP contribution in [0.15, 0.2) is 58.3 Å². The fourth-order valence-corrected chi connectivity index (χ4v) is 7.55. The Hall–Kier alpha value is -0.828. The predicted molar refractivity (Wildman–Crippen MR) is 158 cm³/mol. The van der Waals surface area contributed by atoms with Gasteiger partial charge in [0.25, 0.3) is 0 Å². The van der Waals surface area contributed by atoms with Crippen LogP contribution in [-0.2, 0) is 17.5 Å². The van der Waals surface area contributed by atoms with Crippen molar-refractivity contribution in [3.8, 4) is 0 Å². The van der Waals surface area contributed by atoms with E-state index in [0.717, 1.165) is 13.8 Å². The summed E-state index contributed by atoms with van der Waals surface area (Å²) in [6, 6.07) is 9.38. The zero-order valence-electron chi connectivity index (χ0n) is 22.3. The van der Waals surface area contributed by atoms with Gasteiger partial charge in [0, 0.05) is 0 Å². The summed E-state index contributed by atoms with van der Waals surface area (Å²) in [4.78, 5) is 0.980. The number of hydrogen-bond donors (Lipinski definition) is 1. The van der Waals surface area contributed by atoms with E-state index in [9.17, 15) is 0 Å². The molecule has 0 amide bonds. The van der Waals surface area contributed by atoms with Gasteiger partial charge in [-0.15, -0.1) is 0 Å². The van der Waals surface area contributed by atoms with Crippen molar-refractivity contribution >= 4 is 47.5 Å². The molecule has 0 radical (unpaired) electrons. The van der Waals surface area contributed by atoms with Crippen LogP contribution < -0.4 is 9.80 Å². The molecule has 2 nitrogen and oxygen atoms in total. The standard InChI is InChI=1S/C27H35Br2N2.C3H5.Pd/c1-16(2)22-11-20(28)12-23(17(3)4)26(22)31(10-9-30-15-31)27-24(18(5)6)13-21(29)14-25(27)19(7)8;1-3-2;/h9-14,16-19,30H,1-8H3;3H,1-2H2;/q+1;;. The molecule has 0 atom stereocenters. The first-order valence-electron chi connectivity index (χ1n) is 12.5. The van der Waals surface area contributed by atoms with Crippen LogP contribution in [0.1, 0.15) is 101 Å². The van der Waals surface area contributed by atoms with Crippen molar-refractivity contribution in [3.63, 3.8) is 0 Å². The number of nitrogens with zero attached hydrogens (tertiary/aromatic N) is 1. The van der Waals surface area contributed by atoms with E-state index >= 15 is 0 Å². The summed E-state index contributed by atoms with van der Waals surface area (Å²) in [5.41, 5.74) is 8.40. The number of quaternary nitrogens is 1. The van der Waals surface area contributed by atoms with Crippen LogP contribution >= 0.6 is 31.9 Å². The molecule has 2 aromatic carbocycles. The van der Waals surface area contributed by atoms with Crippen molar-refractivity contribution in [2.24, 2.45) is 0 Å². The summed E-state index contributed by atoms with van der Waals surface area (Å²) in [5.74, 6) is 1.54. The van der Waals surface area contributed by atoms with Crippen molar-refractivity contribution in [1.82, 2.24) is 9.80 Å². The molecule has 193 valence electrons. The monoisotopic (exact) mass is 692 g/mol. The second-order valence-electron chi connectivity index (χ2n) is 10.5. The number of hydrogen-bond acceptors (Lipinski definition) is 1. The number of halogens is 2. The van der Waals surface area contributed by atoms with Crippen LogP contribution in [0.4, 0.5) is 11.4 Å². The third kappa shape index (κ3) is 5.56. The quantitative estimate of drug-likeness (QED) is 0.165. The second-order valence-corrected chi connectivity index (χ2v) is 14.2. The van der Waals surface area contributed by atoms with Crippen molar-refractivity contribution in [2.75, 3.05) is 0 Å². The Morgan fingerprint density at radius 3 is 1.46 bits per heavy atom. The Bertz CT molecular complexity index is 1030. The summed E-state index contributed by atoms with van der Waals surface area (Å²) < 4.78 is 4.30. The molecule has 0 saturated heterocycles. The molecule has 0 bridgehead atoms. The molecule has 1 N–H and O–H groups in total. The van der Waals surface area contributed by atoms with E-state index in [4.69, 9.17) is 0 Å². The minimum absolute atomic E-state index is 0.371. The minimum atomic E-state index is 0.371. The van der Waals surface area contributed by atoms with Gasteiger partial charge in [0.15, 0.2) is 0 Å². The predicted octanol–water partition coefficient (Wildman–Crippen LogP) is 10.2. The molecule has 0 fully saturated rings.